The molecule has 0 bridgehead atoms. The van der Waals surface area contributed by atoms with Crippen molar-refractivity contribution in [3.05, 3.63) is 0 Å². The summed E-state index contributed by atoms with van der Waals surface area (Å²) in [5, 5.41) is 30.8. The second-order valence-electron chi connectivity index (χ2n) is 15.4. The van der Waals surface area contributed by atoms with Crippen molar-refractivity contribution in [2.24, 2.45) is 0 Å². The summed E-state index contributed by atoms with van der Waals surface area (Å²) in [5.41, 5.74) is 0. The van der Waals surface area contributed by atoms with Crippen molar-refractivity contribution < 1.29 is 56.8 Å². The van der Waals surface area contributed by atoms with Crippen LogP contribution in [0.3, 0.4) is 0 Å². The molecule has 0 aliphatic carbocycles. The molecule has 12 nitrogen and oxygen atoms in total. The highest BCUT2D eigenvalue weighted by Gasteiger charge is 2.46. The van der Waals surface area contributed by atoms with Gasteiger partial charge in [-0.15, -0.1) is 0 Å². The summed E-state index contributed by atoms with van der Waals surface area (Å²) in [7, 11) is -4.59. The molecule has 0 radical (unpaired) electrons. The summed E-state index contributed by atoms with van der Waals surface area (Å²) in [6, 6.07) is 0. The van der Waals surface area contributed by atoms with E-state index in [-0.39, 0.29) is 19.4 Å². The molecule has 1 heterocycles. The van der Waals surface area contributed by atoms with Crippen molar-refractivity contribution in [2.75, 3.05) is 19.0 Å². The third-order valence-electron chi connectivity index (χ3n) is 10.2. The van der Waals surface area contributed by atoms with Gasteiger partial charge in [0.2, 0.25) is 0 Å². The molecule has 1 aliphatic heterocycles. The van der Waals surface area contributed by atoms with Gasteiger partial charge in [-0.25, -0.2) is 0 Å². The minimum Gasteiger partial charge on any atom is -0.462 e. The van der Waals surface area contributed by atoms with E-state index in [0.29, 0.717) is 12.8 Å². The normalized spacial score (nSPS) is 20.9. The highest BCUT2D eigenvalue weighted by atomic mass is 32.2. The molecule has 0 aromatic heterocycles. The highest BCUT2D eigenvalue weighted by molar-refractivity contribution is 7.85. The van der Waals surface area contributed by atoms with Crippen LogP contribution in [-0.4, -0.2) is 96.0 Å². The molecule has 0 aromatic carbocycles. The Bertz CT molecular complexity index is 1030. The van der Waals surface area contributed by atoms with Crippen molar-refractivity contribution >= 4 is 22.1 Å². The molecule has 320 valence electrons. The lowest BCUT2D eigenvalue weighted by molar-refractivity contribution is -0.297. The fourth-order valence-electron chi connectivity index (χ4n) is 6.79. The Hall–Kier alpha value is -1.35. The molecule has 6 unspecified atom stereocenters. The number of hydrogen-bond donors (Lipinski definition) is 4. The Labute approximate surface area is 327 Å². The topological polar surface area (TPSA) is 186 Å². The van der Waals surface area contributed by atoms with Gasteiger partial charge in [0.25, 0.3) is 10.1 Å². The quantitative estimate of drug-likeness (QED) is 0.0272. The van der Waals surface area contributed by atoms with E-state index >= 15 is 0 Å². The monoisotopic (exact) mass is 795 g/mol. The Morgan fingerprint density at radius 1 is 0.556 bits per heavy atom. The molecule has 0 aromatic rings. The summed E-state index contributed by atoms with van der Waals surface area (Å²) < 4.78 is 53.9. The number of aliphatic hydroxyl groups excluding tert-OH is 3. The molecule has 54 heavy (non-hydrogen) atoms. The minimum absolute atomic E-state index is 0.172. The zero-order valence-electron chi connectivity index (χ0n) is 33.8. The summed E-state index contributed by atoms with van der Waals surface area (Å²) in [6.45, 7) is 3.76. The lowest BCUT2D eigenvalue weighted by atomic mass is 10.00. The van der Waals surface area contributed by atoms with Crippen molar-refractivity contribution in [1.29, 1.82) is 0 Å². The van der Waals surface area contributed by atoms with Crippen LogP contribution >= 0.6 is 0 Å². The molecular formula is C41H78O12S. The van der Waals surface area contributed by atoms with Crippen LogP contribution in [0.2, 0.25) is 0 Å². The van der Waals surface area contributed by atoms with Crippen LogP contribution in [0.25, 0.3) is 0 Å². The smallest absolute Gasteiger partial charge is 0.306 e. The number of ether oxygens (including phenoxy) is 4. The summed E-state index contributed by atoms with van der Waals surface area (Å²) in [4.78, 5) is 25.3. The van der Waals surface area contributed by atoms with Crippen molar-refractivity contribution in [1.82, 2.24) is 0 Å². The van der Waals surface area contributed by atoms with Crippen LogP contribution in [0.4, 0.5) is 0 Å². The number of rotatable bonds is 36. The third-order valence-corrected chi connectivity index (χ3v) is 10.9. The van der Waals surface area contributed by atoms with Crippen molar-refractivity contribution in [3.8, 4) is 0 Å². The van der Waals surface area contributed by atoms with E-state index in [9.17, 15) is 37.9 Å². The first kappa shape index (κ1) is 50.7. The van der Waals surface area contributed by atoms with Gasteiger partial charge in [0.15, 0.2) is 12.4 Å². The zero-order valence-corrected chi connectivity index (χ0v) is 34.7. The lowest BCUT2D eigenvalue weighted by Gasteiger charge is -2.40. The molecule has 0 spiro atoms. The van der Waals surface area contributed by atoms with Gasteiger partial charge in [-0.1, -0.05) is 168 Å². The molecular weight excluding hydrogens is 717 g/mol. The molecule has 6 atom stereocenters. The van der Waals surface area contributed by atoms with Gasteiger partial charge < -0.3 is 34.3 Å². The van der Waals surface area contributed by atoms with Crippen LogP contribution in [0, 0.1) is 0 Å². The van der Waals surface area contributed by atoms with Gasteiger partial charge in [0.05, 0.1) is 6.61 Å². The molecule has 0 amide bonds. The number of carbonyl (C=O) groups is 2. The van der Waals surface area contributed by atoms with Gasteiger partial charge in [-0.05, 0) is 12.8 Å². The maximum Gasteiger partial charge on any atom is 0.306 e. The lowest BCUT2D eigenvalue weighted by Crippen LogP contribution is -2.60. The van der Waals surface area contributed by atoms with E-state index in [4.69, 9.17) is 18.9 Å². The molecule has 1 aliphatic rings. The standard InChI is InChI=1S/C41H78O12S/c1-3-5-7-9-11-13-15-17-18-20-22-24-26-28-30-37(43)52-34(32-51-41-40(46)39(45)38(44)35(53-41)33-54(47,48)49)31-50-36(42)29-27-25-23-21-19-16-14-12-10-8-6-4-2/h34-35,38-41,44-46H,3-33H2,1-2H3,(H,47,48,49). The van der Waals surface area contributed by atoms with Gasteiger partial charge in [0, 0.05) is 12.8 Å². The summed E-state index contributed by atoms with van der Waals surface area (Å²) in [6.07, 6.45) is 21.5. The summed E-state index contributed by atoms with van der Waals surface area (Å²) in [5.74, 6) is -1.97. The Kier molecular flexibility index (Phi) is 30.7. The summed E-state index contributed by atoms with van der Waals surface area (Å²) >= 11 is 0. The van der Waals surface area contributed by atoms with Gasteiger partial charge >= 0.3 is 11.9 Å². The Morgan fingerprint density at radius 2 is 0.944 bits per heavy atom. The molecule has 1 saturated heterocycles. The highest BCUT2D eigenvalue weighted by Crippen LogP contribution is 2.24. The van der Waals surface area contributed by atoms with E-state index in [1.165, 1.54) is 116 Å². The van der Waals surface area contributed by atoms with Crippen LogP contribution in [-0.2, 0) is 38.7 Å². The average Bonchev–Trinajstić information content (AvgIpc) is 3.13. The maximum atomic E-state index is 12.8. The predicted octanol–water partition coefficient (Wildman–Crippen LogP) is 8.12. The first-order chi connectivity index (χ1) is 26.0. The SMILES string of the molecule is CCCCCCCCCCCCCCCCC(=O)OC(COC(=O)CCCCCCCCCCCCCC)COC1OC(CS(=O)(=O)O)C(O)C(O)C1O. The number of carbonyl (C=O) groups excluding carboxylic acids is 2. The number of esters is 2. The van der Waals surface area contributed by atoms with Crippen molar-refractivity contribution in [3.63, 3.8) is 0 Å². The largest absolute Gasteiger partial charge is 0.462 e. The van der Waals surface area contributed by atoms with Crippen molar-refractivity contribution in [2.45, 2.75) is 230 Å². The van der Waals surface area contributed by atoms with E-state index in [1.54, 1.807) is 0 Å². The molecule has 1 rings (SSSR count). The van der Waals surface area contributed by atoms with E-state index < -0.39 is 71.2 Å². The van der Waals surface area contributed by atoms with Gasteiger partial charge in [-0.2, -0.15) is 8.42 Å². The van der Waals surface area contributed by atoms with Crippen LogP contribution in [0.15, 0.2) is 0 Å². The fourth-order valence-corrected chi connectivity index (χ4v) is 7.49. The minimum atomic E-state index is -4.59. The fraction of sp³-hybridized carbons (Fsp3) is 0.951. The second kappa shape index (κ2) is 32.7. The van der Waals surface area contributed by atoms with E-state index in [1.807, 2.05) is 0 Å². The third kappa shape index (κ3) is 27.3. The van der Waals surface area contributed by atoms with E-state index in [0.717, 1.165) is 38.5 Å². The zero-order chi connectivity index (χ0) is 39.9. The predicted molar refractivity (Wildman–Crippen MR) is 211 cm³/mol. The van der Waals surface area contributed by atoms with Crippen LogP contribution in [0.5, 0.6) is 0 Å². The van der Waals surface area contributed by atoms with Crippen LogP contribution < -0.4 is 0 Å². The molecule has 0 saturated carbocycles. The number of aliphatic hydroxyl groups is 3. The Balaban J connectivity index is 2.46. The van der Waals surface area contributed by atoms with Gasteiger partial charge in [-0.3, -0.25) is 14.1 Å². The molecule has 1 fully saturated rings. The number of hydrogen-bond acceptors (Lipinski definition) is 11. The van der Waals surface area contributed by atoms with Crippen LogP contribution in [0.1, 0.15) is 194 Å². The first-order valence-corrected chi connectivity index (χ1v) is 23.2. The Morgan fingerprint density at radius 3 is 1.35 bits per heavy atom. The maximum absolute atomic E-state index is 12.8. The first-order valence-electron chi connectivity index (χ1n) is 21.6. The average molecular weight is 795 g/mol. The molecule has 4 N–H and O–H groups in total. The molecule has 13 heteroatoms. The second-order valence-corrected chi connectivity index (χ2v) is 16.9. The van der Waals surface area contributed by atoms with E-state index in [2.05, 4.69) is 13.8 Å². The number of unbranched alkanes of at least 4 members (excludes halogenated alkanes) is 24. The van der Waals surface area contributed by atoms with Gasteiger partial charge in [0.1, 0.15) is 36.8 Å².